The third-order valence-electron chi connectivity index (χ3n) is 6.41. The summed E-state index contributed by atoms with van der Waals surface area (Å²) in [5.41, 5.74) is 6.52. The second kappa shape index (κ2) is 8.74. The Balaban J connectivity index is 1.81. The molecule has 0 saturated carbocycles. The second-order valence-corrected chi connectivity index (χ2v) is 11.7. The number of halogens is 1. The third kappa shape index (κ3) is 4.83. The van der Waals surface area contributed by atoms with Crippen LogP contribution in [-0.2, 0) is 5.41 Å². The fraction of sp³-hybridized carbons (Fsp3) is 0.379. The van der Waals surface area contributed by atoms with Gasteiger partial charge in [-0.25, -0.2) is 0 Å². The van der Waals surface area contributed by atoms with Gasteiger partial charge in [0.2, 0.25) is 0 Å². The van der Waals surface area contributed by atoms with E-state index in [4.69, 9.17) is 11.6 Å². The third-order valence-corrected chi connectivity index (χ3v) is 6.65. The van der Waals surface area contributed by atoms with Crippen molar-refractivity contribution in [2.24, 2.45) is 5.41 Å². The molecule has 0 bridgehead atoms. The summed E-state index contributed by atoms with van der Waals surface area (Å²) in [4.78, 5) is 1.67. The predicted molar refractivity (Wildman–Crippen MR) is 141 cm³/mol. The Kier molecular flexibility index (Phi) is 6.24. The molecule has 0 aliphatic heterocycles. The molecule has 0 aliphatic rings. The number of aryl methyl sites for hydroxylation is 1. The molecule has 1 N–H and O–H groups in total. The van der Waals surface area contributed by atoms with Gasteiger partial charge in [0.1, 0.15) is 16.8 Å². The van der Waals surface area contributed by atoms with Crippen LogP contribution >= 0.6 is 11.6 Å². The quantitative estimate of drug-likeness (QED) is 0.318. The van der Waals surface area contributed by atoms with Crippen LogP contribution in [0.3, 0.4) is 0 Å². The summed E-state index contributed by atoms with van der Waals surface area (Å²) in [5.74, 6) is 0.325. The fourth-order valence-corrected chi connectivity index (χ4v) is 5.44. The summed E-state index contributed by atoms with van der Waals surface area (Å²) >= 11 is 6.15. The SMILES string of the molecule is Cc1cc(C(C)c2ccccc2-n2nc3ccc(Cl)cc3n2)c(O)c(C(C)(C)CC(C)(C)C)c1. The van der Waals surface area contributed by atoms with Crippen LogP contribution in [-0.4, -0.2) is 20.1 Å². The Bertz CT molecular complexity index is 1350. The number of hydrogen-bond donors (Lipinski definition) is 1. The van der Waals surface area contributed by atoms with Gasteiger partial charge in [-0.05, 0) is 54.0 Å². The fourth-order valence-electron chi connectivity index (χ4n) is 5.27. The van der Waals surface area contributed by atoms with Crippen LogP contribution in [0.2, 0.25) is 5.02 Å². The van der Waals surface area contributed by atoms with E-state index >= 15 is 0 Å². The molecule has 34 heavy (non-hydrogen) atoms. The first-order valence-electron chi connectivity index (χ1n) is 11.8. The summed E-state index contributed by atoms with van der Waals surface area (Å²) in [6.45, 7) is 15.4. The average molecular weight is 476 g/mol. The van der Waals surface area contributed by atoms with E-state index in [1.165, 1.54) is 0 Å². The van der Waals surface area contributed by atoms with Gasteiger partial charge in [-0.2, -0.15) is 4.80 Å². The Morgan fingerprint density at radius 3 is 2.29 bits per heavy atom. The van der Waals surface area contributed by atoms with Gasteiger partial charge < -0.3 is 5.11 Å². The van der Waals surface area contributed by atoms with Gasteiger partial charge >= 0.3 is 0 Å². The zero-order chi connectivity index (χ0) is 24.8. The first kappa shape index (κ1) is 24.3. The number of hydrogen-bond acceptors (Lipinski definition) is 3. The van der Waals surface area contributed by atoms with E-state index in [2.05, 4.69) is 76.9 Å². The lowest BCUT2D eigenvalue weighted by molar-refractivity contribution is 0.278. The van der Waals surface area contributed by atoms with Gasteiger partial charge in [0.15, 0.2) is 0 Å². The van der Waals surface area contributed by atoms with E-state index < -0.39 is 0 Å². The molecule has 0 fully saturated rings. The van der Waals surface area contributed by atoms with Crippen LogP contribution in [0.4, 0.5) is 0 Å². The normalized spacial score (nSPS) is 13.4. The van der Waals surface area contributed by atoms with E-state index in [1.807, 2.05) is 36.4 Å². The van der Waals surface area contributed by atoms with Crippen LogP contribution in [0.5, 0.6) is 5.75 Å². The van der Waals surface area contributed by atoms with Gasteiger partial charge in [0, 0.05) is 22.1 Å². The van der Waals surface area contributed by atoms with Gasteiger partial charge in [-0.1, -0.05) is 89.0 Å². The highest BCUT2D eigenvalue weighted by molar-refractivity contribution is 6.31. The molecular weight excluding hydrogens is 442 g/mol. The molecule has 4 aromatic rings. The van der Waals surface area contributed by atoms with Crippen molar-refractivity contribution in [1.29, 1.82) is 0 Å². The molecular formula is C29H34ClN3O. The van der Waals surface area contributed by atoms with Crippen molar-refractivity contribution in [3.05, 3.63) is 81.9 Å². The molecule has 0 spiro atoms. The minimum Gasteiger partial charge on any atom is -0.507 e. The number of para-hydroxylation sites is 1. The van der Waals surface area contributed by atoms with Crippen molar-refractivity contribution in [2.45, 2.75) is 66.2 Å². The summed E-state index contributed by atoms with van der Waals surface area (Å²) in [5, 5.41) is 21.5. The summed E-state index contributed by atoms with van der Waals surface area (Å²) in [7, 11) is 0. The minimum absolute atomic E-state index is 0.0574. The van der Waals surface area contributed by atoms with Crippen LogP contribution in [0.25, 0.3) is 16.7 Å². The van der Waals surface area contributed by atoms with Crippen molar-refractivity contribution in [3.63, 3.8) is 0 Å². The maximum atomic E-state index is 11.5. The van der Waals surface area contributed by atoms with E-state index in [0.29, 0.717) is 10.8 Å². The van der Waals surface area contributed by atoms with E-state index in [0.717, 1.165) is 45.4 Å². The molecule has 0 saturated heterocycles. The van der Waals surface area contributed by atoms with Crippen LogP contribution < -0.4 is 0 Å². The summed E-state index contributed by atoms with van der Waals surface area (Å²) in [6.07, 6.45) is 0.966. The minimum atomic E-state index is -0.164. The Hall–Kier alpha value is -2.85. The van der Waals surface area contributed by atoms with Crippen molar-refractivity contribution < 1.29 is 5.11 Å². The number of fused-ring (bicyclic) bond motifs is 1. The van der Waals surface area contributed by atoms with Crippen LogP contribution in [0.15, 0.2) is 54.6 Å². The number of phenols is 1. The molecule has 0 amide bonds. The predicted octanol–water partition coefficient (Wildman–Crippen LogP) is 7.95. The molecule has 1 heterocycles. The second-order valence-electron chi connectivity index (χ2n) is 11.3. The number of aromatic hydroxyl groups is 1. The van der Waals surface area contributed by atoms with Crippen LogP contribution in [0.1, 0.15) is 76.1 Å². The first-order valence-corrected chi connectivity index (χ1v) is 12.2. The highest BCUT2D eigenvalue weighted by Crippen LogP contribution is 2.44. The van der Waals surface area contributed by atoms with E-state index in [-0.39, 0.29) is 16.7 Å². The number of benzene rings is 3. The molecule has 0 radical (unpaired) electrons. The molecule has 3 aromatic carbocycles. The van der Waals surface area contributed by atoms with E-state index in [9.17, 15) is 5.11 Å². The molecule has 4 rings (SSSR count). The number of aromatic nitrogens is 3. The highest BCUT2D eigenvalue weighted by atomic mass is 35.5. The lowest BCUT2D eigenvalue weighted by Gasteiger charge is -2.34. The van der Waals surface area contributed by atoms with E-state index in [1.54, 1.807) is 4.80 Å². The Morgan fingerprint density at radius 2 is 1.59 bits per heavy atom. The van der Waals surface area contributed by atoms with Gasteiger partial charge in [-0.3, -0.25) is 0 Å². The number of nitrogens with zero attached hydrogens (tertiary/aromatic N) is 3. The van der Waals surface area contributed by atoms with Gasteiger partial charge in [0.25, 0.3) is 0 Å². The largest absolute Gasteiger partial charge is 0.507 e. The zero-order valence-corrected chi connectivity index (χ0v) is 21.9. The lowest BCUT2D eigenvalue weighted by Crippen LogP contribution is -2.25. The van der Waals surface area contributed by atoms with Gasteiger partial charge in [0.05, 0.1) is 5.69 Å². The van der Waals surface area contributed by atoms with Crippen molar-refractivity contribution in [1.82, 2.24) is 15.0 Å². The lowest BCUT2D eigenvalue weighted by atomic mass is 9.71. The summed E-state index contributed by atoms with van der Waals surface area (Å²) < 4.78 is 0. The maximum Gasteiger partial charge on any atom is 0.123 e. The Morgan fingerprint density at radius 1 is 0.912 bits per heavy atom. The summed E-state index contributed by atoms with van der Waals surface area (Å²) in [6, 6.07) is 17.9. The van der Waals surface area contributed by atoms with Crippen molar-refractivity contribution in [2.75, 3.05) is 0 Å². The molecule has 1 aromatic heterocycles. The molecule has 178 valence electrons. The van der Waals surface area contributed by atoms with Crippen molar-refractivity contribution >= 4 is 22.6 Å². The zero-order valence-electron chi connectivity index (χ0n) is 21.1. The molecule has 1 unspecified atom stereocenters. The first-order chi connectivity index (χ1) is 15.9. The molecule has 0 aliphatic carbocycles. The van der Waals surface area contributed by atoms with Gasteiger partial charge in [-0.15, -0.1) is 10.2 Å². The average Bonchev–Trinajstić information content (AvgIpc) is 3.16. The molecule has 5 heteroatoms. The standard InChI is InChI=1S/C29H34ClN3O/c1-18-14-22(27(34)23(15-18)29(6,7)17-28(3,4)5)19(2)21-10-8-9-11-26(21)33-31-24-13-12-20(30)16-25(24)32-33/h8-16,19,34H,17H2,1-7H3. The molecule has 1 atom stereocenters. The van der Waals surface area contributed by atoms with Crippen molar-refractivity contribution in [3.8, 4) is 11.4 Å². The highest BCUT2D eigenvalue weighted by Gasteiger charge is 2.31. The smallest absolute Gasteiger partial charge is 0.123 e. The Labute approximate surface area is 207 Å². The van der Waals surface area contributed by atoms with Crippen LogP contribution in [0, 0.1) is 12.3 Å². The number of rotatable bonds is 5. The molecule has 4 nitrogen and oxygen atoms in total. The maximum absolute atomic E-state index is 11.5. The monoisotopic (exact) mass is 475 g/mol. The topological polar surface area (TPSA) is 50.9 Å². The number of phenolic OH excluding ortho intramolecular Hbond substituents is 1.